The first-order chi connectivity index (χ1) is 14.5. The van der Waals surface area contributed by atoms with Gasteiger partial charge in [0.1, 0.15) is 6.10 Å². The zero-order valence-corrected chi connectivity index (χ0v) is 17.7. The third-order valence-corrected chi connectivity index (χ3v) is 6.56. The lowest BCUT2D eigenvalue weighted by molar-refractivity contribution is -0.0222. The van der Waals surface area contributed by atoms with Crippen molar-refractivity contribution in [2.24, 2.45) is 7.05 Å². The largest absolute Gasteiger partial charge is 0.395 e. The number of ether oxygens (including phenoxy) is 1. The summed E-state index contributed by atoms with van der Waals surface area (Å²) in [6.45, 7) is 3.15. The monoisotopic (exact) mass is 428 g/mol. The molecule has 0 saturated carbocycles. The van der Waals surface area contributed by atoms with Crippen LogP contribution >= 0.6 is 11.3 Å². The molecule has 9 heteroatoms. The van der Waals surface area contributed by atoms with Gasteiger partial charge in [-0.1, -0.05) is 18.2 Å². The Morgan fingerprint density at radius 1 is 1.37 bits per heavy atom. The zero-order valence-electron chi connectivity index (χ0n) is 16.9. The average molecular weight is 429 g/mol. The van der Waals surface area contributed by atoms with Crippen molar-refractivity contribution in [1.29, 1.82) is 0 Å². The van der Waals surface area contributed by atoms with Crippen molar-refractivity contribution in [2.75, 3.05) is 32.8 Å². The van der Waals surface area contributed by atoms with Crippen LogP contribution in [0.5, 0.6) is 0 Å². The maximum absolute atomic E-state index is 13.1. The van der Waals surface area contributed by atoms with Crippen molar-refractivity contribution >= 4 is 33.2 Å². The summed E-state index contributed by atoms with van der Waals surface area (Å²) in [5, 5.41) is 16.9. The summed E-state index contributed by atoms with van der Waals surface area (Å²) in [7, 11) is 1.81. The fraction of sp³-hybridized carbons (Fsp3) is 0.381. The van der Waals surface area contributed by atoms with E-state index in [1.807, 2.05) is 38.2 Å². The smallest absolute Gasteiger partial charge is 0.261 e. The fourth-order valence-electron chi connectivity index (χ4n) is 3.69. The van der Waals surface area contributed by atoms with Crippen LogP contribution in [-0.2, 0) is 11.8 Å². The molecule has 1 fully saturated rings. The number of rotatable bonds is 5. The molecule has 1 atom stereocenters. The third kappa shape index (κ3) is 3.71. The van der Waals surface area contributed by atoms with Gasteiger partial charge in [-0.25, -0.2) is 0 Å². The van der Waals surface area contributed by atoms with Gasteiger partial charge in [0.05, 0.1) is 36.4 Å². The van der Waals surface area contributed by atoms with Crippen molar-refractivity contribution in [3.8, 4) is 0 Å². The minimum absolute atomic E-state index is 0.0836. The summed E-state index contributed by atoms with van der Waals surface area (Å²) in [6, 6.07) is 7.80. The number of aliphatic hydroxyl groups excluding tert-OH is 1. The molecule has 4 rings (SSSR count). The Labute approximate surface area is 178 Å². The van der Waals surface area contributed by atoms with E-state index in [2.05, 4.69) is 10.4 Å². The Bertz CT molecular complexity index is 1090. The lowest BCUT2D eigenvalue weighted by Gasteiger charge is -2.33. The fourth-order valence-corrected chi connectivity index (χ4v) is 4.86. The van der Waals surface area contributed by atoms with Crippen LogP contribution in [0.4, 0.5) is 0 Å². The van der Waals surface area contributed by atoms with Gasteiger partial charge in [0.25, 0.3) is 11.8 Å². The number of morpholine rings is 1. The van der Waals surface area contributed by atoms with Gasteiger partial charge in [0.15, 0.2) is 0 Å². The summed E-state index contributed by atoms with van der Waals surface area (Å²) in [6.07, 6.45) is 1.18. The molecule has 0 bridgehead atoms. The maximum atomic E-state index is 13.1. The predicted octanol–water partition coefficient (Wildman–Crippen LogP) is 1.88. The normalized spacial score (nSPS) is 16.8. The Morgan fingerprint density at radius 2 is 2.17 bits per heavy atom. The van der Waals surface area contributed by atoms with E-state index < -0.39 is 6.10 Å². The molecular weight excluding hydrogens is 404 g/mol. The number of aryl methyl sites for hydroxylation is 1. The van der Waals surface area contributed by atoms with E-state index in [4.69, 9.17) is 9.84 Å². The molecule has 8 nitrogen and oxygen atoms in total. The highest BCUT2D eigenvalue weighted by atomic mass is 32.1. The summed E-state index contributed by atoms with van der Waals surface area (Å²) < 4.78 is 8.70. The Kier molecular flexibility index (Phi) is 5.85. The number of hydrogen-bond acceptors (Lipinski definition) is 6. The molecule has 1 aromatic carbocycles. The van der Waals surface area contributed by atoms with E-state index in [1.54, 1.807) is 15.8 Å². The van der Waals surface area contributed by atoms with Gasteiger partial charge in [-0.15, -0.1) is 11.3 Å². The summed E-state index contributed by atoms with van der Waals surface area (Å²) in [4.78, 5) is 28.2. The van der Waals surface area contributed by atoms with Crippen LogP contribution in [-0.4, -0.2) is 64.4 Å². The number of carbonyl (C=O) groups excluding carboxylic acids is 2. The highest BCUT2D eigenvalue weighted by Crippen LogP contribution is 2.38. The second kappa shape index (κ2) is 8.55. The van der Waals surface area contributed by atoms with Gasteiger partial charge in [-0.05, 0) is 18.4 Å². The molecule has 30 heavy (non-hydrogen) atoms. The van der Waals surface area contributed by atoms with Crippen LogP contribution in [0, 0.1) is 6.92 Å². The van der Waals surface area contributed by atoms with Crippen molar-refractivity contribution in [3.63, 3.8) is 0 Å². The number of fused-ring (bicyclic) bond motifs is 1. The molecule has 2 aromatic heterocycles. The first kappa shape index (κ1) is 20.5. The van der Waals surface area contributed by atoms with Crippen LogP contribution in [0.1, 0.15) is 37.4 Å². The van der Waals surface area contributed by atoms with E-state index in [0.717, 1.165) is 21.3 Å². The lowest BCUT2D eigenvalue weighted by atomic mass is 10.0. The molecular formula is C21H24N4O4S. The second-order valence-electron chi connectivity index (χ2n) is 7.20. The van der Waals surface area contributed by atoms with E-state index in [0.29, 0.717) is 30.1 Å². The topological polar surface area (TPSA) is 96.7 Å². The number of nitrogens with one attached hydrogen (secondary N) is 1. The molecule has 0 spiro atoms. The maximum Gasteiger partial charge on any atom is 0.261 e. The van der Waals surface area contributed by atoms with Gasteiger partial charge >= 0.3 is 0 Å². The lowest BCUT2D eigenvalue weighted by Crippen LogP contribution is -2.42. The van der Waals surface area contributed by atoms with Gasteiger partial charge < -0.3 is 20.1 Å². The first-order valence-electron chi connectivity index (χ1n) is 9.81. The number of nitrogens with zero attached hydrogens (tertiary/aromatic N) is 3. The Balaban J connectivity index is 1.67. The molecule has 0 aliphatic carbocycles. The highest BCUT2D eigenvalue weighted by molar-refractivity contribution is 7.21. The zero-order chi connectivity index (χ0) is 21.3. The Morgan fingerprint density at radius 3 is 2.90 bits per heavy atom. The van der Waals surface area contributed by atoms with E-state index in [1.165, 1.54) is 11.3 Å². The molecule has 158 valence electrons. The second-order valence-corrected chi connectivity index (χ2v) is 8.25. The summed E-state index contributed by atoms with van der Waals surface area (Å²) in [5.74, 6) is -0.324. The van der Waals surface area contributed by atoms with Crippen LogP contribution in [0.3, 0.4) is 0 Å². The number of aliphatic hydroxyl groups is 1. The number of hydrogen-bond donors (Lipinski definition) is 2. The number of carbonyl (C=O) groups is 2. The number of aromatic nitrogens is 2. The van der Waals surface area contributed by atoms with Crippen molar-refractivity contribution < 1.29 is 19.4 Å². The SMILES string of the molecule is Cc1c(C(=O)N2CCO[C@@H](c3c(C(=O)NCCO)sc4ccccc34)C2)cnn1C. The van der Waals surface area contributed by atoms with Gasteiger partial charge in [-0.2, -0.15) is 5.10 Å². The molecule has 3 heterocycles. The quantitative estimate of drug-likeness (QED) is 0.647. The third-order valence-electron chi connectivity index (χ3n) is 5.38. The minimum Gasteiger partial charge on any atom is -0.395 e. The van der Waals surface area contributed by atoms with Crippen LogP contribution in [0.25, 0.3) is 10.1 Å². The molecule has 1 aliphatic heterocycles. The molecule has 0 unspecified atom stereocenters. The molecule has 2 amide bonds. The number of benzene rings is 1. The number of thiophene rings is 1. The highest BCUT2D eigenvalue weighted by Gasteiger charge is 2.32. The van der Waals surface area contributed by atoms with Crippen LogP contribution in [0.2, 0.25) is 0 Å². The minimum atomic E-state index is -0.411. The predicted molar refractivity (Wildman–Crippen MR) is 114 cm³/mol. The molecule has 2 N–H and O–H groups in total. The molecule has 0 radical (unpaired) electrons. The summed E-state index contributed by atoms with van der Waals surface area (Å²) in [5.41, 5.74) is 2.19. The van der Waals surface area contributed by atoms with Crippen molar-refractivity contribution in [3.05, 3.63) is 52.2 Å². The summed E-state index contributed by atoms with van der Waals surface area (Å²) >= 11 is 1.40. The van der Waals surface area contributed by atoms with Gasteiger partial charge in [0, 0.05) is 36.1 Å². The first-order valence-corrected chi connectivity index (χ1v) is 10.6. The average Bonchev–Trinajstić information content (AvgIpc) is 3.32. The van der Waals surface area contributed by atoms with E-state index >= 15 is 0 Å². The van der Waals surface area contributed by atoms with Gasteiger partial charge in [0.2, 0.25) is 0 Å². The van der Waals surface area contributed by atoms with Crippen molar-refractivity contribution in [1.82, 2.24) is 20.0 Å². The van der Waals surface area contributed by atoms with Crippen LogP contribution in [0.15, 0.2) is 30.5 Å². The Hall–Kier alpha value is -2.75. The van der Waals surface area contributed by atoms with E-state index in [-0.39, 0.29) is 25.0 Å². The standard InChI is InChI=1S/C21H24N4O4S/c1-13-15(11-23-24(13)2)21(28)25-8-10-29-16(12-25)18-14-5-3-4-6-17(14)30-19(18)20(27)22-7-9-26/h3-6,11,16,26H,7-10,12H2,1-2H3,(H,22,27)/t16-/m1/s1. The van der Waals surface area contributed by atoms with Crippen LogP contribution < -0.4 is 5.32 Å². The molecule has 1 aliphatic rings. The number of amides is 2. The van der Waals surface area contributed by atoms with Gasteiger partial charge in [-0.3, -0.25) is 14.3 Å². The molecule has 3 aromatic rings. The van der Waals surface area contributed by atoms with Crippen molar-refractivity contribution in [2.45, 2.75) is 13.0 Å². The molecule has 1 saturated heterocycles. The van der Waals surface area contributed by atoms with E-state index in [9.17, 15) is 9.59 Å².